The molecule has 5 rings (SSSR count). The molecule has 0 spiro atoms. The van der Waals surface area contributed by atoms with Gasteiger partial charge in [-0.2, -0.15) is 18.3 Å². The Morgan fingerprint density at radius 2 is 2.05 bits per heavy atom. The van der Waals surface area contributed by atoms with E-state index >= 15 is 0 Å². The van der Waals surface area contributed by atoms with Crippen LogP contribution >= 0.6 is 0 Å². The average molecular weight is 519 g/mol. The van der Waals surface area contributed by atoms with Crippen LogP contribution in [0.1, 0.15) is 54.7 Å². The molecule has 1 unspecified atom stereocenters. The number of halogens is 3. The molecule has 1 saturated heterocycles. The van der Waals surface area contributed by atoms with Crippen LogP contribution in [0.5, 0.6) is 5.75 Å². The Hall–Kier alpha value is -3.18. The summed E-state index contributed by atoms with van der Waals surface area (Å²) in [4.78, 5) is 16.3. The number of rotatable bonds is 10. The van der Waals surface area contributed by atoms with Crippen molar-refractivity contribution in [2.24, 2.45) is 5.92 Å². The molecule has 2 aromatic heterocycles. The molecule has 1 aliphatic carbocycles. The predicted octanol–water partition coefficient (Wildman–Crippen LogP) is 5.42. The summed E-state index contributed by atoms with van der Waals surface area (Å²) in [7, 11) is 0. The number of amides is 1. The summed E-state index contributed by atoms with van der Waals surface area (Å²) in [6.07, 6.45) is 3.11. The number of hydrogen-bond acceptors (Lipinski definition) is 6. The lowest BCUT2D eigenvalue weighted by Crippen LogP contribution is -2.23. The second-order valence-electron chi connectivity index (χ2n) is 9.43. The molecule has 0 radical (unpaired) electrons. The third kappa shape index (κ3) is 6.78. The van der Waals surface area contributed by atoms with E-state index in [2.05, 4.69) is 15.4 Å². The van der Waals surface area contributed by atoms with E-state index in [-0.39, 0.29) is 12.0 Å². The minimum atomic E-state index is -4.64. The van der Waals surface area contributed by atoms with Crippen molar-refractivity contribution in [3.63, 3.8) is 0 Å². The number of ether oxygens (including phenoxy) is 3. The molecule has 3 heterocycles. The molecule has 1 aliphatic heterocycles. The average Bonchev–Trinajstić information content (AvgIpc) is 3.64. The number of aromatic nitrogens is 3. The lowest BCUT2D eigenvalue weighted by Gasteiger charge is -2.22. The zero-order valence-corrected chi connectivity index (χ0v) is 20.3. The molecule has 198 valence electrons. The van der Waals surface area contributed by atoms with Crippen LogP contribution in [-0.4, -0.2) is 46.8 Å². The minimum absolute atomic E-state index is 0.130. The van der Waals surface area contributed by atoms with Crippen molar-refractivity contribution in [2.45, 2.75) is 57.5 Å². The maximum Gasteiger partial charge on any atom is 0.433 e. The number of alkyl halides is 3. The van der Waals surface area contributed by atoms with E-state index < -0.39 is 17.8 Å². The highest BCUT2D eigenvalue weighted by Gasteiger charge is 2.33. The molecule has 1 saturated carbocycles. The summed E-state index contributed by atoms with van der Waals surface area (Å²) in [5, 5.41) is 8.06. The van der Waals surface area contributed by atoms with E-state index in [0.717, 1.165) is 62.7 Å². The van der Waals surface area contributed by atoms with Gasteiger partial charge >= 0.3 is 6.18 Å². The predicted molar refractivity (Wildman–Crippen MR) is 129 cm³/mol. The third-order valence-electron chi connectivity index (χ3n) is 6.32. The van der Waals surface area contributed by atoms with Crippen LogP contribution in [0.25, 0.3) is 10.9 Å². The highest BCUT2D eigenvalue weighted by atomic mass is 19.4. The number of pyridine rings is 1. The first-order chi connectivity index (χ1) is 17.8. The third-order valence-corrected chi connectivity index (χ3v) is 6.32. The van der Waals surface area contributed by atoms with Crippen LogP contribution in [0.2, 0.25) is 0 Å². The number of hydrogen-bond donors (Lipinski definition) is 1. The molecule has 8 nitrogen and oxygen atoms in total. The van der Waals surface area contributed by atoms with Crippen molar-refractivity contribution in [3.8, 4) is 5.75 Å². The lowest BCUT2D eigenvalue weighted by atomic mass is 10.2. The Labute approximate surface area is 212 Å². The lowest BCUT2D eigenvalue weighted by molar-refractivity contribution is -0.163. The topological polar surface area (TPSA) is 87.5 Å². The highest BCUT2D eigenvalue weighted by molar-refractivity contribution is 6.05. The number of aryl methyl sites for hydroxylation is 1. The molecule has 1 N–H and O–H groups in total. The van der Waals surface area contributed by atoms with Crippen molar-refractivity contribution in [3.05, 3.63) is 47.9 Å². The number of benzene rings is 1. The molecule has 11 heteroatoms. The monoisotopic (exact) mass is 518 g/mol. The van der Waals surface area contributed by atoms with E-state index in [1.54, 1.807) is 16.8 Å². The highest BCUT2D eigenvalue weighted by Crippen LogP contribution is 2.34. The molecule has 1 amide bonds. The van der Waals surface area contributed by atoms with Crippen molar-refractivity contribution in [1.29, 1.82) is 0 Å². The first kappa shape index (κ1) is 25.5. The van der Waals surface area contributed by atoms with Gasteiger partial charge in [0.1, 0.15) is 17.1 Å². The normalized spacial score (nSPS) is 18.2. The van der Waals surface area contributed by atoms with Gasteiger partial charge < -0.3 is 19.5 Å². The zero-order valence-electron chi connectivity index (χ0n) is 20.3. The Morgan fingerprint density at radius 1 is 1.19 bits per heavy atom. The van der Waals surface area contributed by atoms with Crippen LogP contribution in [0.3, 0.4) is 0 Å². The van der Waals surface area contributed by atoms with Gasteiger partial charge in [0.05, 0.1) is 24.4 Å². The van der Waals surface area contributed by atoms with E-state index in [9.17, 15) is 18.0 Å². The number of carbonyl (C=O) groups excluding carboxylic acids is 1. The van der Waals surface area contributed by atoms with Gasteiger partial charge in [-0.3, -0.25) is 9.48 Å². The van der Waals surface area contributed by atoms with Gasteiger partial charge in [0.2, 0.25) is 0 Å². The van der Waals surface area contributed by atoms with E-state index in [1.807, 2.05) is 6.20 Å². The number of anilines is 1. The number of fused-ring (bicyclic) bond motifs is 1. The molecule has 1 atom stereocenters. The van der Waals surface area contributed by atoms with Gasteiger partial charge in [0.25, 0.3) is 5.91 Å². The number of nitrogens with zero attached hydrogens (tertiary/aromatic N) is 3. The Morgan fingerprint density at radius 3 is 2.81 bits per heavy atom. The van der Waals surface area contributed by atoms with Gasteiger partial charge in [0.15, 0.2) is 6.29 Å². The summed E-state index contributed by atoms with van der Waals surface area (Å²) in [5.74, 6) is 0.133. The Kier molecular flexibility index (Phi) is 7.61. The van der Waals surface area contributed by atoms with Gasteiger partial charge in [0, 0.05) is 30.8 Å². The van der Waals surface area contributed by atoms with Crippen LogP contribution < -0.4 is 10.1 Å². The Bertz CT molecular complexity index is 1240. The fraction of sp³-hybridized carbons (Fsp3) is 0.500. The summed E-state index contributed by atoms with van der Waals surface area (Å²) in [6.45, 7) is 2.43. The number of carbonyl (C=O) groups is 1. The largest absolute Gasteiger partial charge is 0.491 e. The molecule has 2 aliphatic rings. The maximum absolute atomic E-state index is 13.0. The SMILES string of the molecule is O=C(Nc1cc2cn(CCCOC3CCCCO3)nc2cc1OCC1CC1)c1cccc(C(F)(F)F)n1. The van der Waals surface area contributed by atoms with Gasteiger partial charge in [-0.25, -0.2) is 4.98 Å². The van der Waals surface area contributed by atoms with Gasteiger partial charge in [-0.15, -0.1) is 0 Å². The molecular formula is C26H29F3N4O4. The van der Waals surface area contributed by atoms with Crippen LogP contribution in [0.4, 0.5) is 18.9 Å². The van der Waals surface area contributed by atoms with Crippen molar-refractivity contribution in [1.82, 2.24) is 14.8 Å². The summed E-state index contributed by atoms with van der Waals surface area (Å²) >= 11 is 0. The Balaban J connectivity index is 1.29. The molecule has 3 aromatic rings. The fourth-order valence-electron chi connectivity index (χ4n) is 4.12. The number of nitrogens with one attached hydrogen (secondary N) is 1. The van der Waals surface area contributed by atoms with Gasteiger partial charge in [-0.05, 0) is 62.6 Å². The van der Waals surface area contributed by atoms with E-state index in [0.29, 0.717) is 42.6 Å². The van der Waals surface area contributed by atoms with Crippen molar-refractivity contribution in [2.75, 3.05) is 25.1 Å². The van der Waals surface area contributed by atoms with Crippen LogP contribution in [0, 0.1) is 5.92 Å². The first-order valence-electron chi connectivity index (χ1n) is 12.6. The van der Waals surface area contributed by atoms with Crippen LogP contribution in [0.15, 0.2) is 36.5 Å². The second-order valence-corrected chi connectivity index (χ2v) is 9.43. The summed E-state index contributed by atoms with van der Waals surface area (Å²) in [5.41, 5.74) is -0.408. The van der Waals surface area contributed by atoms with E-state index in [1.165, 1.54) is 6.07 Å². The first-order valence-corrected chi connectivity index (χ1v) is 12.6. The van der Waals surface area contributed by atoms with Crippen molar-refractivity contribution < 1.29 is 32.2 Å². The molecule has 1 aromatic carbocycles. The quantitative estimate of drug-likeness (QED) is 0.361. The molecule has 2 fully saturated rings. The maximum atomic E-state index is 13.0. The molecule has 37 heavy (non-hydrogen) atoms. The minimum Gasteiger partial charge on any atom is -0.491 e. The van der Waals surface area contributed by atoms with Gasteiger partial charge in [-0.1, -0.05) is 6.07 Å². The van der Waals surface area contributed by atoms with E-state index in [4.69, 9.17) is 14.2 Å². The molecule has 0 bridgehead atoms. The second kappa shape index (κ2) is 11.1. The van der Waals surface area contributed by atoms with Crippen molar-refractivity contribution >= 4 is 22.5 Å². The smallest absolute Gasteiger partial charge is 0.433 e. The summed E-state index contributed by atoms with van der Waals surface area (Å²) in [6, 6.07) is 6.70. The van der Waals surface area contributed by atoms with Crippen LogP contribution in [-0.2, 0) is 22.2 Å². The fourth-order valence-corrected chi connectivity index (χ4v) is 4.12. The zero-order chi connectivity index (χ0) is 25.8. The standard InChI is InChI=1S/C26H29F3N4O4/c27-26(28,29)23-6-3-5-19(30-23)25(34)31-21-13-18-15-33(10-4-12-36-24-7-1-2-11-35-24)32-20(18)14-22(21)37-16-17-8-9-17/h3,5-6,13-15,17,24H,1-2,4,7-12,16H2,(H,31,34). The molecular weight excluding hydrogens is 489 g/mol. The summed E-state index contributed by atoms with van der Waals surface area (Å²) < 4.78 is 58.3.